The first kappa shape index (κ1) is 20.7. The van der Waals surface area contributed by atoms with Crippen molar-refractivity contribution in [3.05, 3.63) is 106 Å². The van der Waals surface area contributed by atoms with Gasteiger partial charge in [-0.05, 0) is 42.8 Å². The van der Waals surface area contributed by atoms with Crippen LogP contribution in [0.5, 0.6) is 0 Å². The van der Waals surface area contributed by atoms with E-state index in [1.165, 1.54) is 23.1 Å². The molecule has 0 aliphatic rings. The summed E-state index contributed by atoms with van der Waals surface area (Å²) >= 11 is 0. The van der Waals surface area contributed by atoms with Crippen LogP contribution in [0.3, 0.4) is 0 Å². The molecule has 3 rings (SSSR count). The lowest BCUT2D eigenvalue weighted by atomic mass is 10.0. The molecule has 0 aromatic heterocycles. The number of nitrogens with one attached hydrogen (secondary N) is 1. The number of hydrogen-bond acceptors (Lipinski definition) is 4. The Bertz CT molecular complexity index is 1080. The molecular formula is C23H21N3O4. The van der Waals surface area contributed by atoms with Crippen molar-refractivity contribution >= 4 is 23.2 Å². The Balaban J connectivity index is 1.76. The van der Waals surface area contributed by atoms with E-state index in [-0.39, 0.29) is 29.1 Å². The van der Waals surface area contributed by atoms with Gasteiger partial charge in [0.2, 0.25) is 0 Å². The first-order valence-electron chi connectivity index (χ1n) is 9.35. The van der Waals surface area contributed by atoms with Gasteiger partial charge in [0.25, 0.3) is 17.5 Å². The Hall–Kier alpha value is -4.00. The minimum atomic E-state index is -0.529. The molecule has 152 valence electrons. The van der Waals surface area contributed by atoms with Crippen LogP contribution >= 0.6 is 0 Å². The van der Waals surface area contributed by atoms with Crippen LogP contribution in [0.25, 0.3) is 0 Å². The number of hydrogen-bond donors (Lipinski definition) is 1. The molecule has 1 unspecified atom stereocenters. The SMILES string of the molecule is CC(c1cccc(NC(=O)c2ccccc2)c1)N(C)C(=O)c1cccc([N+](=O)[O-])c1. The third kappa shape index (κ3) is 4.70. The van der Waals surface area contributed by atoms with Gasteiger partial charge in [-0.1, -0.05) is 36.4 Å². The fraction of sp³-hybridized carbons (Fsp3) is 0.130. The Kier molecular flexibility index (Phi) is 6.22. The highest BCUT2D eigenvalue weighted by molar-refractivity contribution is 6.04. The van der Waals surface area contributed by atoms with Crippen LogP contribution in [0.2, 0.25) is 0 Å². The topological polar surface area (TPSA) is 92.6 Å². The van der Waals surface area contributed by atoms with E-state index in [0.29, 0.717) is 11.3 Å². The molecule has 0 aliphatic heterocycles. The average molecular weight is 403 g/mol. The number of carbonyl (C=O) groups excluding carboxylic acids is 2. The summed E-state index contributed by atoms with van der Waals surface area (Å²) in [6.45, 7) is 1.85. The number of amides is 2. The number of nitro benzene ring substituents is 1. The zero-order valence-corrected chi connectivity index (χ0v) is 16.6. The maximum atomic E-state index is 12.8. The maximum absolute atomic E-state index is 12.8. The molecule has 0 fully saturated rings. The van der Waals surface area contributed by atoms with Crippen molar-refractivity contribution in [2.75, 3.05) is 12.4 Å². The molecule has 0 spiro atoms. The van der Waals surface area contributed by atoms with Gasteiger partial charge in [-0.25, -0.2) is 0 Å². The van der Waals surface area contributed by atoms with Crippen LogP contribution in [-0.4, -0.2) is 28.7 Å². The number of rotatable bonds is 6. The summed E-state index contributed by atoms with van der Waals surface area (Å²) < 4.78 is 0. The van der Waals surface area contributed by atoms with E-state index in [4.69, 9.17) is 0 Å². The van der Waals surface area contributed by atoms with Crippen molar-refractivity contribution in [2.45, 2.75) is 13.0 Å². The van der Waals surface area contributed by atoms with Crippen molar-refractivity contribution in [3.63, 3.8) is 0 Å². The van der Waals surface area contributed by atoms with Gasteiger partial charge in [-0.15, -0.1) is 0 Å². The predicted octanol–water partition coefficient (Wildman–Crippen LogP) is 4.68. The number of non-ortho nitro benzene ring substituents is 1. The van der Waals surface area contributed by atoms with Gasteiger partial charge in [0.1, 0.15) is 0 Å². The zero-order valence-electron chi connectivity index (χ0n) is 16.6. The van der Waals surface area contributed by atoms with Crippen LogP contribution in [-0.2, 0) is 0 Å². The van der Waals surface area contributed by atoms with E-state index in [1.54, 1.807) is 49.5 Å². The fourth-order valence-electron chi connectivity index (χ4n) is 3.02. The molecule has 0 bridgehead atoms. The van der Waals surface area contributed by atoms with Gasteiger partial charge in [0.05, 0.1) is 11.0 Å². The van der Waals surface area contributed by atoms with E-state index in [1.807, 2.05) is 25.1 Å². The Morgan fingerprint density at radius 3 is 2.30 bits per heavy atom. The lowest BCUT2D eigenvalue weighted by Gasteiger charge is -2.26. The van der Waals surface area contributed by atoms with E-state index in [0.717, 1.165) is 5.56 Å². The predicted molar refractivity (Wildman–Crippen MR) is 114 cm³/mol. The molecule has 3 aromatic rings. The van der Waals surface area contributed by atoms with Gasteiger partial charge in [-0.2, -0.15) is 0 Å². The van der Waals surface area contributed by atoms with Crippen LogP contribution in [0.1, 0.15) is 39.2 Å². The zero-order chi connectivity index (χ0) is 21.7. The second kappa shape index (κ2) is 9.00. The second-order valence-corrected chi connectivity index (χ2v) is 6.85. The van der Waals surface area contributed by atoms with E-state index in [2.05, 4.69) is 5.32 Å². The largest absolute Gasteiger partial charge is 0.335 e. The Labute approximate surface area is 174 Å². The summed E-state index contributed by atoms with van der Waals surface area (Å²) in [5.74, 6) is -0.550. The lowest BCUT2D eigenvalue weighted by Crippen LogP contribution is -2.29. The summed E-state index contributed by atoms with van der Waals surface area (Å²) in [6, 6.07) is 21.5. The molecule has 1 N–H and O–H groups in total. The normalized spacial score (nSPS) is 11.4. The first-order chi connectivity index (χ1) is 14.4. The molecule has 1 atom stereocenters. The molecule has 7 heteroatoms. The number of nitro groups is 1. The van der Waals surface area contributed by atoms with Gasteiger partial charge in [-0.3, -0.25) is 19.7 Å². The van der Waals surface area contributed by atoms with Crippen molar-refractivity contribution < 1.29 is 14.5 Å². The molecule has 0 heterocycles. The monoisotopic (exact) mass is 403 g/mol. The number of benzene rings is 3. The quantitative estimate of drug-likeness (QED) is 0.478. The molecule has 0 aliphatic carbocycles. The molecular weight excluding hydrogens is 382 g/mol. The van der Waals surface area contributed by atoms with Crippen LogP contribution < -0.4 is 5.32 Å². The summed E-state index contributed by atoms with van der Waals surface area (Å²) in [5, 5.41) is 13.8. The molecule has 30 heavy (non-hydrogen) atoms. The number of carbonyl (C=O) groups is 2. The molecule has 0 radical (unpaired) electrons. The fourth-order valence-corrected chi connectivity index (χ4v) is 3.02. The van der Waals surface area contributed by atoms with E-state index < -0.39 is 4.92 Å². The van der Waals surface area contributed by atoms with Gasteiger partial charge in [0.15, 0.2) is 0 Å². The first-order valence-corrected chi connectivity index (χ1v) is 9.35. The van der Waals surface area contributed by atoms with Crippen LogP contribution in [0, 0.1) is 10.1 Å². The van der Waals surface area contributed by atoms with Crippen molar-refractivity contribution in [3.8, 4) is 0 Å². The van der Waals surface area contributed by atoms with Crippen molar-refractivity contribution in [2.24, 2.45) is 0 Å². The van der Waals surface area contributed by atoms with Crippen LogP contribution in [0.15, 0.2) is 78.9 Å². The number of anilines is 1. The van der Waals surface area contributed by atoms with Gasteiger partial charge < -0.3 is 10.2 Å². The summed E-state index contributed by atoms with van der Waals surface area (Å²) in [5.41, 5.74) is 2.10. The Morgan fingerprint density at radius 2 is 1.60 bits per heavy atom. The van der Waals surface area contributed by atoms with Gasteiger partial charge >= 0.3 is 0 Å². The Morgan fingerprint density at radius 1 is 0.933 bits per heavy atom. The minimum Gasteiger partial charge on any atom is -0.335 e. The van der Waals surface area contributed by atoms with Crippen molar-refractivity contribution in [1.82, 2.24) is 4.90 Å². The standard InChI is InChI=1S/C23H21N3O4/c1-16(25(2)23(28)19-11-7-13-21(15-19)26(29)30)18-10-6-12-20(14-18)24-22(27)17-8-4-3-5-9-17/h3-16H,1-2H3,(H,24,27). The summed E-state index contributed by atoms with van der Waals surface area (Å²) in [4.78, 5) is 37.2. The highest BCUT2D eigenvalue weighted by Crippen LogP contribution is 2.24. The van der Waals surface area contributed by atoms with Gasteiger partial charge in [0, 0.05) is 36.0 Å². The molecule has 0 saturated heterocycles. The molecule has 3 aromatic carbocycles. The number of nitrogens with zero attached hydrogens (tertiary/aromatic N) is 2. The summed E-state index contributed by atoms with van der Waals surface area (Å²) in [6.07, 6.45) is 0. The van der Waals surface area contributed by atoms with Crippen molar-refractivity contribution in [1.29, 1.82) is 0 Å². The highest BCUT2D eigenvalue weighted by Gasteiger charge is 2.21. The van der Waals surface area contributed by atoms with Crippen LogP contribution in [0.4, 0.5) is 11.4 Å². The highest BCUT2D eigenvalue weighted by atomic mass is 16.6. The average Bonchev–Trinajstić information content (AvgIpc) is 2.78. The molecule has 7 nitrogen and oxygen atoms in total. The summed E-state index contributed by atoms with van der Waals surface area (Å²) in [7, 11) is 1.64. The second-order valence-electron chi connectivity index (χ2n) is 6.85. The van der Waals surface area contributed by atoms with E-state index in [9.17, 15) is 19.7 Å². The third-order valence-electron chi connectivity index (χ3n) is 4.87. The lowest BCUT2D eigenvalue weighted by molar-refractivity contribution is -0.384. The third-order valence-corrected chi connectivity index (χ3v) is 4.87. The maximum Gasteiger partial charge on any atom is 0.270 e. The smallest absolute Gasteiger partial charge is 0.270 e. The van der Waals surface area contributed by atoms with E-state index >= 15 is 0 Å². The molecule has 2 amide bonds. The minimum absolute atomic E-state index is 0.132. The molecule has 0 saturated carbocycles.